The van der Waals surface area contributed by atoms with Gasteiger partial charge in [-0.1, -0.05) is 28.1 Å². The maximum atomic E-state index is 13.2. The molecule has 1 fully saturated rings. The molecule has 0 bridgehead atoms. The minimum Gasteiger partial charge on any atom is -0.465 e. The Morgan fingerprint density at radius 1 is 1.00 bits per heavy atom. The lowest BCUT2D eigenvalue weighted by Gasteiger charge is -2.42. The first-order valence-electron chi connectivity index (χ1n) is 9.98. The van der Waals surface area contributed by atoms with Crippen molar-refractivity contribution in [1.29, 1.82) is 0 Å². The van der Waals surface area contributed by atoms with Gasteiger partial charge in [0.2, 0.25) is 0 Å². The van der Waals surface area contributed by atoms with Crippen LogP contribution >= 0.6 is 15.9 Å². The molecule has 1 aliphatic rings. The first-order chi connectivity index (χ1) is 15.7. The van der Waals surface area contributed by atoms with E-state index < -0.39 is 53.0 Å². The van der Waals surface area contributed by atoms with Gasteiger partial charge >= 0.3 is 18.4 Å². The number of hydrogen-bond donors (Lipinski definition) is 1. The van der Waals surface area contributed by atoms with Gasteiger partial charge in [-0.25, -0.2) is 4.79 Å². The molecule has 1 N–H and O–H groups in total. The molecular formula is C22H19BrF6N2O3. The van der Waals surface area contributed by atoms with E-state index in [2.05, 4.69) is 15.9 Å². The number of benzene rings is 2. The van der Waals surface area contributed by atoms with Gasteiger partial charge in [0.1, 0.15) is 0 Å². The number of rotatable bonds is 3. The fourth-order valence-electron chi connectivity index (χ4n) is 4.05. The first-order valence-corrected chi connectivity index (χ1v) is 10.8. The Hall–Kier alpha value is -2.76. The Morgan fingerprint density at radius 3 is 2.00 bits per heavy atom. The highest BCUT2D eigenvalue weighted by atomic mass is 79.9. The van der Waals surface area contributed by atoms with Crippen LogP contribution in [0, 0.1) is 0 Å². The number of carbonyl (C=O) groups excluding carboxylic acids is 1. The smallest absolute Gasteiger partial charge is 0.416 e. The average Bonchev–Trinajstić information content (AvgIpc) is 2.76. The first kappa shape index (κ1) is 25.9. The summed E-state index contributed by atoms with van der Waals surface area (Å²) in [5.74, 6) is -1.56. The fraction of sp³-hybridized carbons (Fsp3) is 0.364. The van der Waals surface area contributed by atoms with E-state index in [-0.39, 0.29) is 25.6 Å². The summed E-state index contributed by atoms with van der Waals surface area (Å²) in [5, 5.41) is 9.40. The molecule has 2 unspecified atom stereocenters. The highest BCUT2D eigenvalue weighted by Crippen LogP contribution is 2.37. The Labute approximate surface area is 199 Å². The van der Waals surface area contributed by atoms with E-state index in [0.717, 1.165) is 14.3 Å². The van der Waals surface area contributed by atoms with Crippen LogP contribution in [-0.2, 0) is 12.4 Å². The lowest BCUT2D eigenvalue weighted by atomic mass is 9.85. The Balaban J connectivity index is 1.99. The lowest BCUT2D eigenvalue weighted by molar-refractivity contribution is -0.143. The van der Waals surface area contributed by atoms with Gasteiger partial charge in [-0.2, -0.15) is 26.3 Å². The third kappa shape index (κ3) is 5.65. The molecule has 2 aromatic carbocycles. The summed E-state index contributed by atoms with van der Waals surface area (Å²) >= 11 is 3.30. The van der Waals surface area contributed by atoms with E-state index in [1.165, 1.54) is 7.05 Å². The zero-order chi connectivity index (χ0) is 25.4. The van der Waals surface area contributed by atoms with Gasteiger partial charge in [-0.15, -0.1) is 0 Å². The second kappa shape index (κ2) is 9.47. The van der Waals surface area contributed by atoms with Crippen molar-refractivity contribution in [2.75, 3.05) is 20.1 Å². The van der Waals surface area contributed by atoms with Crippen molar-refractivity contribution in [3.05, 3.63) is 69.2 Å². The molecule has 12 heteroatoms. The van der Waals surface area contributed by atoms with Crippen LogP contribution in [-0.4, -0.2) is 53.1 Å². The van der Waals surface area contributed by atoms with Crippen LogP contribution in [0.4, 0.5) is 31.1 Å². The molecule has 0 aliphatic carbocycles. The summed E-state index contributed by atoms with van der Waals surface area (Å²) in [4.78, 5) is 26.9. The summed E-state index contributed by atoms with van der Waals surface area (Å²) in [6, 6.07) is 6.98. The van der Waals surface area contributed by atoms with Crippen LogP contribution in [0.3, 0.4) is 0 Å². The van der Waals surface area contributed by atoms with E-state index in [9.17, 15) is 41.0 Å². The second-order valence-electron chi connectivity index (χ2n) is 7.95. The molecule has 1 aliphatic heterocycles. The van der Waals surface area contributed by atoms with Gasteiger partial charge in [0, 0.05) is 42.1 Å². The van der Waals surface area contributed by atoms with E-state index in [1.54, 1.807) is 24.3 Å². The van der Waals surface area contributed by atoms with E-state index >= 15 is 0 Å². The van der Waals surface area contributed by atoms with Gasteiger partial charge in [-0.05, 0) is 42.3 Å². The Kier molecular flexibility index (Phi) is 7.20. The van der Waals surface area contributed by atoms with E-state index in [4.69, 9.17) is 0 Å². The summed E-state index contributed by atoms with van der Waals surface area (Å²) in [5.41, 5.74) is -3.23. The summed E-state index contributed by atoms with van der Waals surface area (Å²) in [6.07, 6.45) is -11.2. The van der Waals surface area contributed by atoms with Crippen molar-refractivity contribution in [3.63, 3.8) is 0 Å². The van der Waals surface area contributed by atoms with Gasteiger partial charge in [0.05, 0.1) is 11.1 Å². The van der Waals surface area contributed by atoms with Crippen LogP contribution in [0.15, 0.2) is 46.9 Å². The lowest BCUT2D eigenvalue weighted by Crippen LogP contribution is -2.51. The number of amides is 2. The van der Waals surface area contributed by atoms with Crippen molar-refractivity contribution in [3.8, 4) is 0 Å². The van der Waals surface area contributed by atoms with Crippen molar-refractivity contribution in [1.82, 2.24) is 9.80 Å². The third-order valence-corrected chi connectivity index (χ3v) is 6.33. The van der Waals surface area contributed by atoms with E-state index in [1.807, 2.05) is 0 Å². The number of likely N-dealkylation sites (tertiary alicyclic amines) is 1. The van der Waals surface area contributed by atoms with Crippen LogP contribution in [0.5, 0.6) is 0 Å². The molecule has 184 valence electrons. The van der Waals surface area contributed by atoms with Crippen molar-refractivity contribution < 1.29 is 41.0 Å². The summed E-state index contributed by atoms with van der Waals surface area (Å²) in [6.45, 7) is 0.0662. The van der Waals surface area contributed by atoms with Crippen molar-refractivity contribution in [2.24, 2.45) is 0 Å². The predicted octanol–water partition coefficient (Wildman–Crippen LogP) is 6.09. The second-order valence-corrected chi connectivity index (χ2v) is 8.87. The molecule has 0 radical (unpaired) electrons. The molecule has 0 aromatic heterocycles. The molecule has 3 rings (SSSR count). The average molecular weight is 553 g/mol. The number of carboxylic acid groups (broad SMARTS) is 1. The molecule has 2 aromatic rings. The number of alkyl halides is 6. The molecule has 2 atom stereocenters. The highest BCUT2D eigenvalue weighted by Gasteiger charge is 2.40. The number of halogens is 7. The third-order valence-electron chi connectivity index (χ3n) is 5.80. The number of nitrogens with zero attached hydrogens (tertiary/aromatic N) is 2. The molecule has 1 saturated heterocycles. The van der Waals surface area contributed by atoms with Crippen molar-refractivity contribution in [2.45, 2.75) is 30.7 Å². The largest absolute Gasteiger partial charge is 0.465 e. The summed E-state index contributed by atoms with van der Waals surface area (Å²) < 4.78 is 80.2. The number of carbonyl (C=O) groups is 2. The molecule has 34 heavy (non-hydrogen) atoms. The van der Waals surface area contributed by atoms with E-state index in [0.29, 0.717) is 17.7 Å². The quantitative estimate of drug-likeness (QED) is 0.468. The maximum Gasteiger partial charge on any atom is 0.416 e. The SMILES string of the molecule is CN(C(=O)c1cc(C(F)(F)F)cc(C(F)(F)F)c1)C1CCN(C(=O)O)CC1c1ccc(Br)cc1. The minimum absolute atomic E-state index is 0.00957. The number of piperidine rings is 1. The van der Waals surface area contributed by atoms with Crippen LogP contribution in [0.2, 0.25) is 0 Å². The van der Waals surface area contributed by atoms with Gasteiger partial charge in [-0.3, -0.25) is 4.79 Å². The Morgan fingerprint density at radius 2 is 1.53 bits per heavy atom. The number of likely N-dealkylation sites (N-methyl/N-ethyl adjacent to an activating group) is 1. The fourth-order valence-corrected chi connectivity index (χ4v) is 4.31. The normalized spacial score (nSPS) is 19.1. The monoisotopic (exact) mass is 552 g/mol. The van der Waals surface area contributed by atoms with Crippen LogP contribution in [0.25, 0.3) is 0 Å². The summed E-state index contributed by atoms with van der Waals surface area (Å²) in [7, 11) is 1.29. The zero-order valence-corrected chi connectivity index (χ0v) is 19.2. The van der Waals surface area contributed by atoms with Gasteiger partial charge in [0.15, 0.2) is 0 Å². The highest BCUT2D eigenvalue weighted by molar-refractivity contribution is 9.10. The van der Waals surface area contributed by atoms with Gasteiger partial charge < -0.3 is 14.9 Å². The van der Waals surface area contributed by atoms with Gasteiger partial charge in [0.25, 0.3) is 5.91 Å². The molecular weight excluding hydrogens is 534 g/mol. The maximum absolute atomic E-state index is 13.2. The molecule has 1 heterocycles. The van der Waals surface area contributed by atoms with Crippen molar-refractivity contribution >= 4 is 27.9 Å². The van der Waals surface area contributed by atoms with Crippen LogP contribution < -0.4 is 0 Å². The standard InChI is InChI=1S/C22H19BrF6N2O3/c1-30(19(32)13-8-14(21(24,25)26)10-15(9-13)22(27,28)29)18-6-7-31(20(33)34)11-17(18)12-2-4-16(23)5-3-12/h2-5,8-10,17-18H,6-7,11H2,1H3,(H,33,34). The Bertz CT molecular complexity index is 1040. The molecule has 2 amide bonds. The minimum atomic E-state index is -5.08. The predicted molar refractivity (Wildman–Crippen MR) is 113 cm³/mol. The molecule has 0 saturated carbocycles. The van der Waals surface area contributed by atoms with Crippen LogP contribution in [0.1, 0.15) is 39.4 Å². The topological polar surface area (TPSA) is 60.9 Å². The molecule has 5 nitrogen and oxygen atoms in total. The number of hydrogen-bond acceptors (Lipinski definition) is 2. The molecule has 0 spiro atoms. The zero-order valence-electron chi connectivity index (χ0n) is 17.6.